The Morgan fingerprint density at radius 3 is 2.88 bits per heavy atom. The van der Waals surface area contributed by atoms with Gasteiger partial charge in [0, 0.05) is 12.0 Å². The minimum Gasteiger partial charge on any atom is -0.472 e. The largest absolute Gasteiger partial charge is 0.472 e. The molecule has 0 amide bonds. The first-order valence-electron chi connectivity index (χ1n) is 8.78. The van der Waals surface area contributed by atoms with E-state index in [9.17, 15) is 9.59 Å². The third-order valence-electron chi connectivity index (χ3n) is 6.52. The molecule has 5 rings (SSSR count). The fourth-order valence-corrected chi connectivity index (χ4v) is 5.36. The Bertz CT molecular complexity index is 746. The lowest BCUT2D eigenvalue weighted by Gasteiger charge is -2.43. The van der Waals surface area contributed by atoms with Gasteiger partial charge in [0.25, 0.3) is 0 Å². The van der Waals surface area contributed by atoms with Gasteiger partial charge in [-0.15, -0.1) is 0 Å². The Hall–Kier alpha value is -2.04. The van der Waals surface area contributed by atoms with Gasteiger partial charge in [0.2, 0.25) is 0 Å². The van der Waals surface area contributed by atoms with Gasteiger partial charge >= 0.3 is 11.9 Å². The summed E-state index contributed by atoms with van der Waals surface area (Å²) in [6.07, 6.45) is 6.88. The second-order valence-corrected chi connectivity index (χ2v) is 7.57. The molecule has 5 heteroatoms. The Morgan fingerprint density at radius 1 is 1.21 bits per heavy atom. The number of carbonyl (C=O) groups excluding carboxylic acids is 2. The molecule has 0 unspecified atom stereocenters. The van der Waals surface area contributed by atoms with Crippen molar-refractivity contribution in [1.82, 2.24) is 0 Å². The number of rotatable bonds is 1. The van der Waals surface area contributed by atoms with Gasteiger partial charge in [-0.25, -0.2) is 0 Å². The summed E-state index contributed by atoms with van der Waals surface area (Å²) >= 11 is 0. The fourth-order valence-electron chi connectivity index (χ4n) is 5.36. The van der Waals surface area contributed by atoms with Crippen LogP contribution in [0.5, 0.6) is 0 Å². The van der Waals surface area contributed by atoms with E-state index < -0.39 is 5.41 Å². The maximum Gasteiger partial charge on any atom is 0.317 e. The van der Waals surface area contributed by atoms with Crippen LogP contribution in [0.25, 0.3) is 0 Å². The van der Waals surface area contributed by atoms with Crippen LogP contribution < -0.4 is 0 Å². The average Bonchev–Trinajstić information content (AvgIpc) is 3.26. The molecule has 0 radical (unpaired) electrons. The molecule has 0 N–H and O–H groups in total. The van der Waals surface area contributed by atoms with Crippen LogP contribution in [-0.4, -0.2) is 18.0 Å². The number of ether oxygens (including phenoxy) is 2. The quantitative estimate of drug-likeness (QED) is 0.584. The van der Waals surface area contributed by atoms with E-state index in [1.54, 1.807) is 12.5 Å². The van der Waals surface area contributed by atoms with E-state index in [4.69, 9.17) is 13.9 Å². The average molecular weight is 328 g/mol. The molecule has 3 heterocycles. The maximum absolute atomic E-state index is 13.0. The maximum atomic E-state index is 13.0. The van der Waals surface area contributed by atoms with Crippen molar-refractivity contribution in [2.24, 2.45) is 17.3 Å². The molecule has 2 aliphatic heterocycles. The van der Waals surface area contributed by atoms with Crippen LogP contribution in [0.4, 0.5) is 0 Å². The number of hydrogen-bond acceptors (Lipinski definition) is 5. The van der Waals surface area contributed by atoms with E-state index in [1.165, 1.54) is 0 Å². The minimum absolute atomic E-state index is 0.103. The number of hydrogen-bond donors (Lipinski definition) is 0. The molecule has 2 aliphatic carbocycles. The molecule has 24 heavy (non-hydrogen) atoms. The topological polar surface area (TPSA) is 65.7 Å². The molecule has 0 aromatic carbocycles. The van der Waals surface area contributed by atoms with Crippen molar-refractivity contribution >= 4 is 11.9 Å². The van der Waals surface area contributed by atoms with Crippen molar-refractivity contribution in [3.63, 3.8) is 0 Å². The van der Waals surface area contributed by atoms with Gasteiger partial charge in [-0.2, -0.15) is 0 Å². The normalized spacial score (nSPS) is 40.7. The van der Waals surface area contributed by atoms with Crippen molar-refractivity contribution in [3.05, 3.63) is 35.3 Å². The molecule has 5 atom stereocenters. The number of furan rings is 1. The molecule has 2 saturated heterocycles. The summed E-state index contributed by atoms with van der Waals surface area (Å²) in [5.41, 5.74) is 2.56. The van der Waals surface area contributed by atoms with E-state index in [2.05, 4.69) is 6.92 Å². The molecule has 1 aromatic rings. The molecular formula is C19H20O5. The first-order valence-corrected chi connectivity index (χ1v) is 8.78. The van der Waals surface area contributed by atoms with Gasteiger partial charge in [-0.3, -0.25) is 9.59 Å². The van der Waals surface area contributed by atoms with E-state index in [1.807, 2.05) is 6.07 Å². The molecule has 0 saturated carbocycles. The van der Waals surface area contributed by atoms with Crippen molar-refractivity contribution in [2.75, 3.05) is 0 Å². The van der Waals surface area contributed by atoms with Crippen molar-refractivity contribution < 1.29 is 23.5 Å². The highest BCUT2D eigenvalue weighted by Gasteiger charge is 2.62. The molecule has 126 valence electrons. The smallest absolute Gasteiger partial charge is 0.317 e. The molecule has 1 aromatic heterocycles. The lowest BCUT2D eigenvalue weighted by atomic mass is 9.57. The molecular weight excluding hydrogens is 308 g/mol. The summed E-state index contributed by atoms with van der Waals surface area (Å²) in [6.45, 7) is 2.10. The first kappa shape index (κ1) is 14.3. The Balaban J connectivity index is 1.63. The minimum atomic E-state index is -0.597. The highest BCUT2D eigenvalue weighted by molar-refractivity contribution is 5.87. The summed E-state index contributed by atoms with van der Waals surface area (Å²) < 4.78 is 16.6. The third kappa shape index (κ3) is 1.65. The SMILES string of the molecule is C[C@@H]1C[C@@H]2OC(=O)[C@@H]3CCCC(=C32)[C@@]12C[C@@H](c1ccoc1)OC2=O. The Labute approximate surface area is 140 Å². The Kier molecular flexibility index (Phi) is 2.83. The summed E-state index contributed by atoms with van der Waals surface area (Å²) in [4.78, 5) is 25.2. The zero-order valence-corrected chi connectivity index (χ0v) is 13.6. The van der Waals surface area contributed by atoms with Gasteiger partial charge in [-0.1, -0.05) is 6.92 Å². The van der Waals surface area contributed by atoms with Crippen LogP contribution in [0.3, 0.4) is 0 Å². The summed E-state index contributed by atoms with van der Waals surface area (Å²) in [5.74, 6) is -0.268. The van der Waals surface area contributed by atoms with Gasteiger partial charge in [0.15, 0.2) is 0 Å². The van der Waals surface area contributed by atoms with Gasteiger partial charge in [-0.05, 0) is 48.8 Å². The van der Waals surface area contributed by atoms with Crippen LogP contribution >= 0.6 is 0 Å². The second kappa shape index (κ2) is 4.74. The second-order valence-electron chi connectivity index (χ2n) is 7.57. The summed E-state index contributed by atoms with van der Waals surface area (Å²) in [6, 6.07) is 1.86. The first-order chi connectivity index (χ1) is 11.6. The standard InChI is InChI=1S/C19H20O5/c1-10-7-14-16-12(17(20)23-14)3-2-4-13(16)19(10)8-15(24-18(19)21)11-5-6-22-9-11/h5-6,9-10,12,14-15H,2-4,7-8H2,1H3/t10-,12-,14+,15+,19-/m1/s1. The zero-order chi connectivity index (χ0) is 16.5. The predicted molar refractivity (Wildman–Crippen MR) is 82.6 cm³/mol. The molecule has 2 fully saturated rings. The van der Waals surface area contributed by atoms with E-state index in [-0.39, 0.29) is 36.0 Å². The van der Waals surface area contributed by atoms with E-state index in [0.717, 1.165) is 36.0 Å². The van der Waals surface area contributed by atoms with E-state index >= 15 is 0 Å². The number of esters is 2. The molecule has 1 spiro atoms. The molecule has 0 bridgehead atoms. The molecule has 4 aliphatic rings. The fraction of sp³-hybridized carbons (Fsp3) is 0.579. The molecule has 5 nitrogen and oxygen atoms in total. The lowest BCUT2D eigenvalue weighted by Crippen LogP contribution is -2.44. The van der Waals surface area contributed by atoms with Crippen molar-refractivity contribution in [1.29, 1.82) is 0 Å². The Morgan fingerprint density at radius 2 is 2.08 bits per heavy atom. The van der Waals surface area contributed by atoms with Gasteiger partial charge in [0.1, 0.15) is 12.2 Å². The van der Waals surface area contributed by atoms with Crippen LogP contribution in [-0.2, 0) is 19.1 Å². The van der Waals surface area contributed by atoms with Crippen LogP contribution in [0.2, 0.25) is 0 Å². The third-order valence-corrected chi connectivity index (χ3v) is 6.52. The van der Waals surface area contributed by atoms with Crippen molar-refractivity contribution in [3.8, 4) is 0 Å². The monoisotopic (exact) mass is 328 g/mol. The summed E-state index contributed by atoms with van der Waals surface area (Å²) in [7, 11) is 0. The van der Waals surface area contributed by atoms with Crippen LogP contribution in [0.1, 0.15) is 50.7 Å². The highest BCUT2D eigenvalue weighted by atomic mass is 16.6. The van der Waals surface area contributed by atoms with E-state index in [0.29, 0.717) is 12.8 Å². The van der Waals surface area contributed by atoms with Gasteiger partial charge in [0.05, 0.1) is 23.9 Å². The number of carbonyl (C=O) groups is 2. The predicted octanol–water partition coefficient (Wildman–Crippen LogP) is 3.32. The lowest BCUT2D eigenvalue weighted by molar-refractivity contribution is -0.150. The zero-order valence-electron chi connectivity index (χ0n) is 13.6. The van der Waals surface area contributed by atoms with Crippen LogP contribution in [0, 0.1) is 17.3 Å². The van der Waals surface area contributed by atoms with Gasteiger partial charge < -0.3 is 13.9 Å². The highest BCUT2D eigenvalue weighted by Crippen LogP contribution is 2.61. The summed E-state index contributed by atoms with van der Waals surface area (Å²) in [5, 5.41) is 0. The van der Waals surface area contributed by atoms with Crippen LogP contribution in [0.15, 0.2) is 34.2 Å². The van der Waals surface area contributed by atoms with Crippen molar-refractivity contribution in [2.45, 2.75) is 51.2 Å². The number of cyclic esters (lactones) is 1. The number of fused-ring (bicyclic) bond motifs is 1.